The Morgan fingerprint density at radius 1 is 0.852 bits per heavy atom. The maximum Gasteiger partial charge on any atom is 0.220 e. The third kappa shape index (κ3) is 16.5. The topological polar surface area (TPSA) is 69.6 Å². The summed E-state index contributed by atoms with van der Waals surface area (Å²) in [6.45, 7) is 3.71. The van der Waals surface area contributed by atoms with Crippen LogP contribution in [0.25, 0.3) is 0 Å². The number of aliphatic hydroxyl groups excluding tert-OH is 2. The predicted octanol–water partition coefficient (Wildman–Crippen LogP) is 4.82. The van der Waals surface area contributed by atoms with Gasteiger partial charge in [-0.05, 0) is 38.5 Å². The van der Waals surface area contributed by atoms with Gasteiger partial charge in [0, 0.05) is 6.42 Å². The van der Waals surface area contributed by atoms with E-state index >= 15 is 0 Å². The highest BCUT2D eigenvalue weighted by atomic mass is 16.3. The molecule has 2 unspecified atom stereocenters. The predicted molar refractivity (Wildman–Crippen MR) is 115 cm³/mol. The molecule has 0 aliphatic carbocycles. The summed E-state index contributed by atoms with van der Waals surface area (Å²) < 4.78 is 0. The summed E-state index contributed by atoms with van der Waals surface area (Å²) >= 11 is 0. The fraction of sp³-hybridized carbons (Fsp3) is 0.696. The van der Waals surface area contributed by atoms with Crippen LogP contribution in [0, 0.1) is 0 Å². The van der Waals surface area contributed by atoms with E-state index in [1.54, 1.807) is 13.0 Å². The largest absolute Gasteiger partial charge is 0.394 e. The van der Waals surface area contributed by atoms with Crippen LogP contribution in [0.5, 0.6) is 0 Å². The second-order valence-electron chi connectivity index (χ2n) is 6.93. The fourth-order valence-corrected chi connectivity index (χ4v) is 2.64. The summed E-state index contributed by atoms with van der Waals surface area (Å²) in [5.74, 6) is -0.171. The first-order chi connectivity index (χ1) is 13.2. The summed E-state index contributed by atoms with van der Waals surface area (Å²) in [5, 5.41) is 21.8. The van der Waals surface area contributed by atoms with Crippen LogP contribution in [0.2, 0.25) is 0 Å². The van der Waals surface area contributed by atoms with Gasteiger partial charge in [0.2, 0.25) is 5.91 Å². The Hall–Kier alpha value is -1.39. The second-order valence-corrected chi connectivity index (χ2v) is 6.93. The zero-order chi connectivity index (χ0) is 20.2. The van der Waals surface area contributed by atoms with E-state index < -0.39 is 12.1 Å². The first kappa shape index (κ1) is 25.6. The van der Waals surface area contributed by atoms with Crippen molar-refractivity contribution in [2.45, 2.75) is 96.6 Å². The second kappa shape index (κ2) is 19.4. The number of carbonyl (C=O) groups excluding carboxylic acids is 1. The van der Waals surface area contributed by atoms with Crippen LogP contribution in [-0.2, 0) is 4.79 Å². The van der Waals surface area contributed by atoms with E-state index in [1.165, 1.54) is 38.5 Å². The molecule has 0 saturated heterocycles. The lowest BCUT2D eigenvalue weighted by Gasteiger charge is -2.19. The van der Waals surface area contributed by atoms with E-state index in [2.05, 4.69) is 36.5 Å². The summed E-state index contributed by atoms with van der Waals surface area (Å²) in [6, 6.07) is -0.636. The molecule has 27 heavy (non-hydrogen) atoms. The standard InChI is InChI=1S/C23H41NO3/c1-3-5-6-7-8-9-10-11-12-13-14-15-16-17-18-19-22(26)21(20-25)24-23(27)4-2/h10-11,14-15,18-19,21-22,25-26H,3-9,12-13,16-17,20H2,1-2H3,(H,24,27)/b11-10+,15-14+,19-18+. The summed E-state index contributed by atoms with van der Waals surface area (Å²) in [4.78, 5) is 11.3. The molecule has 0 bridgehead atoms. The Morgan fingerprint density at radius 2 is 1.41 bits per heavy atom. The quantitative estimate of drug-likeness (QED) is 0.250. The Balaban J connectivity index is 3.70. The molecule has 4 heteroatoms. The van der Waals surface area contributed by atoms with Crippen molar-refractivity contribution in [1.82, 2.24) is 5.32 Å². The smallest absolute Gasteiger partial charge is 0.220 e. The SMILES string of the molecule is CCCCCCC/C=C/CC/C=C/CC/C=C/C(O)C(CO)NC(=O)CC. The van der Waals surface area contributed by atoms with E-state index in [4.69, 9.17) is 0 Å². The minimum absolute atomic E-state index is 0.171. The first-order valence-corrected chi connectivity index (χ1v) is 10.7. The van der Waals surface area contributed by atoms with Gasteiger partial charge in [0.25, 0.3) is 0 Å². The van der Waals surface area contributed by atoms with E-state index in [9.17, 15) is 15.0 Å². The Labute approximate surface area is 166 Å². The first-order valence-electron chi connectivity index (χ1n) is 10.7. The molecule has 0 aromatic rings. The van der Waals surface area contributed by atoms with E-state index in [0.29, 0.717) is 6.42 Å². The van der Waals surface area contributed by atoms with Crippen LogP contribution in [0.3, 0.4) is 0 Å². The van der Waals surface area contributed by atoms with E-state index in [1.807, 2.05) is 6.08 Å². The number of amides is 1. The molecular formula is C23H41NO3. The Morgan fingerprint density at radius 3 is 1.96 bits per heavy atom. The van der Waals surface area contributed by atoms with Crippen LogP contribution in [0.1, 0.15) is 84.5 Å². The number of hydrogen-bond donors (Lipinski definition) is 3. The van der Waals surface area contributed by atoms with Crippen molar-refractivity contribution in [2.24, 2.45) is 0 Å². The van der Waals surface area contributed by atoms with Gasteiger partial charge in [-0.1, -0.05) is 76.0 Å². The zero-order valence-electron chi connectivity index (χ0n) is 17.4. The number of rotatable bonds is 17. The molecule has 0 heterocycles. The van der Waals surface area contributed by atoms with Crippen molar-refractivity contribution < 1.29 is 15.0 Å². The minimum atomic E-state index is -0.860. The highest BCUT2D eigenvalue weighted by molar-refractivity contribution is 5.75. The number of unbranched alkanes of at least 4 members (excludes halogenated alkanes) is 7. The molecule has 4 nitrogen and oxygen atoms in total. The average molecular weight is 380 g/mol. The highest BCUT2D eigenvalue weighted by Gasteiger charge is 2.16. The van der Waals surface area contributed by atoms with Crippen molar-refractivity contribution in [3.05, 3.63) is 36.5 Å². The van der Waals surface area contributed by atoms with Gasteiger partial charge in [0.05, 0.1) is 18.8 Å². The normalized spacial score (nSPS) is 14.4. The van der Waals surface area contributed by atoms with Crippen molar-refractivity contribution in [1.29, 1.82) is 0 Å². The lowest BCUT2D eigenvalue weighted by molar-refractivity contribution is -0.122. The molecule has 0 saturated carbocycles. The minimum Gasteiger partial charge on any atom is -0.394 e. The van der Waals surface area contributed by atoms with E-state index in [-0.39, 0.29) is 12.5 Å². The molecule has 156 valence electrons. The van der Waals surface area contributed by atoms with Crippen molar-refractivity contribution in [3.63, 3.8) is 0 Å². The molecule has 2 atom stereocenters. The molecule has 0 radical (unpaired) electrons. The number of aliphatic hydroxyl groups is 2. The van der Waals surface area contributed by atoms with Gasteiger partial charge >= 0.3 is 0 Å². The fourth-order valence-electron chi connectivity index (χ4n) is 2.64. The molecule has 1 amide bonds. The van der Waals surface area contributed by atoms with Gasteiger partial charge in [-0.15, -0.1) is 0 Å². The van der Waals surface area contributed by atoms with Crippen molar-refractivity contribution in [2.75, 3.05) is 6.61 Å². The van der Waals surface area contributed by atoms with Crippen LogP contribution in [0.15, 0.2) is 36.5 Å². The van der Waals surface area contributed by atoms with Crippen LogP contribution in [0.4, 0.5) is 0 Å². The number of nitrogens with one attached hydrogen (secondary N) is 1. The molecule has 0 aromatic heterocycles. The molecule has 0 rings (SSSR count). The highest BCUT2D eigenvalue weighted by Crippen LogP contribution is 2.06. The maximum absolute atomic E-state index is 11.3. The van der Waals surface area contributed by atoms with Gasteiger partial charge in [0.15, 0.2) is 0 Å². The van der Waals surface area contributed by atoms with Crippen molar-refractivity contribution >= 4 is 5.91 Å². The van der Waals surface area contributed by atoms with E-state index in [0.717, 1.165) is 25.7 Å². The molecule has 0 aromatic carbocycles. The molecule has 0 aliphatic rings. The van der Waals surface area contributed by atoms with Crippen LogP contribution in [-0.4, -0.2) is 34.9 Å². The molecular weight excluding hydrogens is 338 g/mol. The third-order valence-corrected chi connectivity index (χ3v) is 4.42. The van der Waals surface area contributed by atoms with Gasteiger partial charge in [0.1, 0.15) is 0 Å². The average Bonchev–Trinajstić information content (AvgIpc) is 2.68. The number of allylic oxidation sites excluding steroid dienone is 5. The lowest BCUT2D eigenvalue weighted by atomic mass is 10.1. The van der Waals surface area contributed by atoms with Crippen LogP contribution < -0.4 is 5.32 Å². The third-order valence-electron chi connectivity index (χ3n) is 4.42. The maximum atomic E-state index is 11.3. The molecule has 3 N–H and O–H groups in total. The summed E-state index contributed by atoms with van der Waals surface area (Å²) in [6.07, 6.45) is 23.8. The molecule has 0 fully saturated rings. The van der Waals surface area contributed by atoms with Gasteiger partial charge in [-0.2, -0.15) is 0 Å². The molecule has 0 aliphatic heterocycles. The lowest BCUT2D eigenvalue weighted by Crippen LogP contribution is -2.44. The van der Waals surface area contributed by atoms with Crippen molar-refractivity contribution in [3.8, 4) is 0 Å². The Bertz CT molecular complexity index is 429. The summed E-state index contributed by atoms with van der Waals surface area (Å²) in [5.41, 5.74) is 0. The molecule has 0 spiro atoms. The van der Waals surface area contributed by atoms with Crippen LogP contribution >= 0.6 is 0 Å². The van der Waals surface area contributed by atoms with Gasteiger partial charge in [-0.3, -0.25) is 4.79 Å². The monoisotopic (exact) mass is 379 g/mol. The van der Waals surface area contributed by atoms with Gasteiger partial charge < -0.3 is 15.5 Å². The summed E-state index contributed by atoms with van der Waals surface area (Å²) in [7, 11) is 0. The van der Waals surface area contributed by atoms with Gasteiger partial charge in [-0.25, -0.2) is 0 Å². The zero-order valence-corrected chi connectivity index (χ0v) is 17.4. The Kier molecular flexibility index (Phi) is 18.4. The number of carbonyl (C=O) groups is 1. The number of hydrogen-bond acceptors (Lipinski definition) is 3.